The maximum atomic E-state index is 11.3. The first-order valence-electron chi connectivity index (χ1n) is 6.17. The van der Waals surface area contributed by atoms with Crippen molar-refractivity contribution in [3.63, 3.8) is 0 Å². The van der Waals surface area contributed by atoms with Gasteiger partial charge in [0.15, 0.2) is 0 Å². The van der Waals surface area contributed by atoms with E-state index in [1.165, 1.54) is 0 Å². The zero-order chi connectivity index (χ0) is 12.5. The highest BCUT2D eigenvalue weighted by Crippen LogP contribution is 2.08. The first-order valence-corrected chi connectivity index (χ1v) is 6.17. The van der Waals surface area contributed by atoms with E-state index in [1.54, 1.807) is 0 Å². The van der Waals surface area contributed by atoms with Crippen LogP contribution in [0.1, 0.15) is 20.3 Å². The van der Waals surface area contributed by atoms with E-state index in [-0.39, 0.29) is 11.9 Å². The highest BCUT2D eigenvalue weighted by molar-refractivity contribution is 5.71. The molecule has 0 N–H and O–H groups in total. The molecule has 0 amide bonds. The molecule has 1 fully saturated rings. The normalized spacial score (nSPS) is 20.0. The van der Waals surface area contributed by atoms with E-state index in [0.29, 0.717) is 39.1 Å². The van der Waals surface area contributed by atoms with Crippen LogP contribution < -0.4 is 0 Å². The molecule has 1 rings (SSSR count). The average Bonchev–Trinajstić information content (AvgIpc) is 3.15. The number of hydrogen-bond acceptors (Lipinski definition) is 5. The highest BCUT2D eigenvalue weighted by atomic mass is 16.6. The van der Waals surface area contributed by atoms with Crippen LogP contribution in [0.5, 0.6) is 0 Å². The highest BCUT2D eigenvalue weighted by Gasteiger charge is 2.21. The number of hydrogen-bond donors (Lipinski definition) is 0. The van der Waals surface area contributed by atoms with Crippen LogP contribution in [0, 0.1) is 5.92 Å². The molecule has 0 radical (unpaired) electrons. The lowest BCUT2D eigenvalue weighted by Gasteiger charge is -2.09. The van der Waals surface area contributed by atoms with Crippen molar-refractivity contribution in [3.05, 3.63) is 0 Å². The summed E-state index contributed by atoms with van der Waals surface area (Å²) >= 11 is 0. The van der Waals surface area contributed by atoms with Gasteiger partial charge >= 0.3 is 5.97 Å². The monoisotopic (exact) mass is 246 g/mol. The number of carbonyl (C=O) groups is 1. The van der Waals surface area contributed by atoms with Crippen LogP contribution in [0.4, 0.5) is 0 Å². The molecule has 1 aliphatic rings. The molecule has 0 aromatic rings. The zero-order valence-electron chi connectivity index (χ0n) is 10.6. The van der Waals surface area contributed by atoms with Gasteiger partial charge in [-0.1, -0.05) is 13.8 Å². The van der Waals surface area contributed by atoms with Crippen LogP contribution in [-0.4, -0.2) is 51.7 Å². The van der Waals surface area contributed by atoms with Crippen LogP contribution in [0.25, 0.3) is 0 Å². The number of epoxide rings is 1. The average molecular weight is 246 g/mol. The topological polar surface area (TPSA) is 57.3 Å². The SMILES string of the molecule is CCC(C)C(=O)OCCOCCOCC1CO1. The Morgan fingerprint density at radius 1 is 1.29 bits per heavy atom. The molecule has 1 saturated heterocycles. The minimum atomic E-state index is -0.154. The predicted molar refractivity (Wildman–Crippen MR) is 61.8 cm³/mol. The maximum Gasteiger partial charge on any atom is 0.308 e. The van der Waals surface area contributed by atoms with E-state index < -0.39 is 0 Å². The summed E-state index contributed by atoms with van der Waals surface area (Å²) in [5, 5.41) is 0. The molecule has 0 aromatic carbocycles. The lowest BCUT2D eigenvalue weighted by Crippen LogP contribution is -2.18. The second kappa shape index (κ2) is 8.44. The third-order valence-corrected chi connectivity index (χ3v) is 2.56. The van der Waals surface area contributed by atoms with Crippen molar-refractivity contribution in [2.75, 3.05) is 39.6 Å². The molecule has 0 spiro atoms. The summed E-state index contributed by atoms with van der Waals surface area (Å²) < 4.78 is 20.6. The van der Waals surface area contributed by atoms with Crippen molar-refractivity contribution in [1.29, 1.82) is 0 Å². The van der Waals surface area contributed by atoms with E-state index in [1.807, 2.05) is 13.8 Å². The summed E-state index contributed by atoms with van der Waals surface area (Å²) in [5.74, 6) is -0.185. The van der Waals surface area contributed by atoms with E-state index in [0.717, 1.165) is 13.0 Å². The molecule has 2 atom stereocenters. The van der Waals surface area contributed by atoms with Gasteiger partial charge < -0.3 is 18.9 Å². The minimum absolute atomic E-state index is 0.0307. The lowest BCUT2D eigenvalue weighted by atomic mass is 10.1. The molecular formula is C12H22O5. The quantitative estimate of drug-likeness (QED) is 0.327. The van der Waals surface area contributed by atoms with Gasteiger partial charge in [0.05, 0.1) is 39.0 Å². The molecule has 1 heterocycles. The van der Waals surface area contributed by atoms with Crippen molar-refractivity contribution >= 4 is 5.97 Å². The lowest BCUT2D eigenvalue weighted by molar-refractivity contribution is -0.149. The first kappa shape index (κ1) is 14.4. The number of esters is 1. The Bertz CT molecular complexity index is 215. The Morgan fingerprint density at radius 3 is 2.59 bits per heavy atom. The van der Waals surface area contributed by atoms with Gasteiger partial charge in [-0.25, -0.2) is 0 Å². The van der Waals surface area contributed by atoms with E-state index in [9.17, 15) is 4.79 Å². The molecule has 17 heavy (non-hydrogen) atoms. The Kier molecular flexibility index (Phi) is 7.16. The Hall–Kier alpha value is -0.650. The number of carbonyl (C=O) groups excluding carboxylic acids is 1. The van der Waals surface area contributed by atoms with Crippen molar-refractivity contribution in [2.45, 2.75) is 26.4 Å². The van der Waals surface area contributed by atoms with Crippen LogP contribution in [-0.2, 0) is 23.7 Å². The second-order valence-corrected chi connectivity index (χ2v) is 4.12. The second-order valence-electron chi connectivity index (χ2n) is 4.12. The molecule has 0 saturated carbocycles. The molecular weight excluding hydrogens is 224 g/mol. The number of ether oxygens (including phenoxy) is 4. The van der Waals surface area contributed by atoms with E-state index in [4.69, 9.17) is 18.9 Å². The minimum Gasteiger partial charge on any atom is -0.463 e. The fraction of sp³-hybridized carbons (Fsp3) is 0.917. The number of rotatable bonds is 10. The van der Waals surface area contributed by atoms with Crippen molar-refractivity contribution in [1.82, 2.24) is 0 Å². The third kappa shape index (κ3) is 7.31. The molecule has 100 valence electrons. The van der Waals surface area contributed by atoms with E-state index >= 15 is 0 Å². The molecule has 0 aromatic heterocycles. The van der Waals surface area contributed by atoms with Crippen LogP contribution in [0.15, 0.2) is 0 Å². The summed E-state index contributed by atoms with van der Waals surface area (Å²) in [6.45, 7) is 7.09. The third-order valence-electron chi connectivity index (χ3n) is 2.56. The van der Waals surface area contributed by atoms with Gasteiger partial charge in [-0.3, -0.25) is 4.79 Å². The summed E-state index contributed by atoms with van der Waals surface area (Å²) in [4.78, 5) is 11.3. The van der Waals surface area contributed by atoms with Crippen LogP contribution in [0.2, 0.25) is 0 Å². The summed E-state index contributed by atoms with van der Waals surface area (Å²) in [6, 6.07) is 0. The Morgan fingerprint density at radius 2 is 1.94 bits per heavy atom. The van der Waals surface area contributed by atoms with Gasteiger partial charge in [0, 0.05) is 0 Å². The van der Waals surface area contributed by atoms with Crippen LogP contribution >= 0.6 is 0 Å². The molecule has 0 bridgehead atoms. The molecule has 5 nitrogen and oxygen atoms in total. The predicted octanol–water partition coefficient (Wildman–Crippen LogP) is 1.01. The molecule has 5 heteroatoms. The van der Waals surface area contributed by atoms with Gasteiger partial charge in [0.25, 0.3) is 0 Å². The van der Waals surface area contributed by atoms with Gasteiger partial charge in [0.1, 0.15) is 12.7 Å². The zero-order valence-corrected chi connectivity index (χ0v) is 10.6. The Balaban J connectivity index is 1.78. The van der Waals surface area contributed by atoms with Crippen molar-refractivity contribution in [3.8, 4) is 0 Å². The van der Waals surface area contributed by atoms with Gasteiger partial charge in [-0.2, -0.15) is 0 Å². The summed E-state index contributed by atoms with van der Waals surface area (Å²) in [6.07, 6.45) is 1.10. The van der Waals surface area contributed by atoms with Gasteiger partial charge in [0.2, 0.25) is 0 Å². The van der Waals surface area contributed by atoms with Crippen molar-refractivity contribution < 1.29 is 23.7 Å². The van der Waals surface area contributed by atoms with Crippen LogP contribution in [0.3, 0.4) is 0 Å². The largest absolute Gasteiger partial charge is 0.463 e. The first-order chi connectivity index (χ1) is 8.24. The summed E-state index contributed by atoms with van der Waals surface area (Å²) in [7, 11) is 0. The standard InChI is InChI=1S/C12H22O5/c1-3-10(2)12(13)16-7-6-14-4-5-15-8-11-9-17-11/h10-11H,3-9H2,1-2H3. The van der Waals surface area contributed by atoms with Gasteiger partial charge in [-0.15, -0.1) is 0 Å². The van der Waals surface area contributed by atoms with Gasteiger partial charge in [-0.05, 0) is 6.42 Å². The van der Waals surface area contributed by atoms with E-state index in [2.05, 4.69) is 0 Å². The fourth-order valence-corrected chi connectivity index (χ4v) is 1.11. The molecule has 1 aliphatic heterocycles. The molecule has 2 unspecified atom stereocenters. The smallest absolute Gasteiger partial charge is 0.308 e. The Labute approximate surface area is 102 Å². The summed E-state index contributed by atoms with van der Waals surface area (Å²) in [5.41, 5.74) is 0. The fourth-order valence-electron chi connectivity index (χ4n) is 1.11. The maximum absolute atomic E-state index is 11.3. The molecule has 0 aliphatic carbocycles. The van der Waals surface area contributed by atoms with Crippen molar-refractivity contribution in [2.24, 2.45) is 5.92 Å².